The van der Waals surface area contributed by atoms with Gasteiger partial charge in [0.2, 0.25) is 5.91 Å². The summed E-state index contributed by atoms with van der Waals surface area (Å²) in [7, 11) is 0. The summed E-state index contributed by atoms with van der Waals surface area (Å²) in [6.07, 6.45) is 6.19. The predicted molar refractivity (Wildman–Crippen MR) is 190 cm³/mol. The van der Waals surface area contributed by atoms with Gasteiger partial charge >= 0.3 is 6.03 Å². The molecule has 48 heavy (non-hydrogen) atoms. The third-order valence-corrected chi connectivity index (χ3v) is 11.0. The van der Waals surface area contributed by atoms with Crippen molar-refractivity contribution in [2.75, 3.05) is 24.2 Å². The number of carbonyl (C=O) groups excluding carboxylic acids is 3. The summed E-state index contributed by atoms with van der Waals surface area (Å²) in [5.74, 6) is 2.27. The Hall–Kier alpha value is -3.42. The third kappa shape index (κ3) is 8.78. The van der Waals surface area contributed by atoms with Crippen LogP contribution in [0.4, 0.5) is 16.3 Å². The zero-order chi connectivity index (χ0) is 34.4. The maximum atomic E-state index is 13.0. The molecular weight excluding hydrogens is 652 g/mol. The highest BCUT2D eigenvalue weighted by Gasteiger charge is 2.42. The number of nitrogens with one attached hydrogen (secondary N) is 4. The number of benzene rings is 1. The molecule has 3 aromatic rings. The number of fused-ring (bicyclic) bond motifs is 2. The smallest absolute Gasteiger partial charge is 0.315 e. The monoisotopic (exact) mass is 698 g/mol. The molecule has 2 aliphatic rings. The lowest BCUT2D eigenvalue weighted by molar-refractivity contribution is -0.121. The van der Waals surface area contributed by atoms with E-state index in [0.717, 1.165) is 25.0 Å². The molecule has 4 heterocycles. The molecule has 0 saturated carbocycles. The number of ketones is 1. The lowest BCUT2D eigenvalue weighted by atomic mass is 9.93. The minimum absolute atomic E-state index is 0.0139. The van der Waals surface area contributed by atoms with Crippen LogP contribution in [0.25, 0.3) is 11.2 Å². The molecule has 260 valence electrons. The average molecular weight is 699 g/mol. The number of rotatable bonds is 17. The van der Waals surface area contributed by atoms with Crippen LogP contribution in [-0.4, -0.2) is 78.6 Å². The van der Waals surface area contributed by atoms with Crippen LogP contribution in [0.15, 0.2) is 24.5 Å². The largest absolute Gasteiger partial charge is 0.396 e. The van der Waals surface area contributed by atoms with Gasteiger partial charge in [0.15, 0.2) is 22.8 Å². The van der Waals surface area contributed by atoms with Crippen molar-refractivity contribution in [1.29, 1.82) is 0 Å². The molecule has 2 saturated heterocycles. The predicted octanol–water partition coefficient (Wildman–Crippen LogP) is 5.42. The number of aliphatic hydroxyl groups is 1. The van der Waals surface area contributed by atoms with E-state index in [0.29, 0.717) is 70.1 Å². The fourth-order valence-corrected chi connectivity index (χ4v) is 8.02. The Morgan fingerprint density at radius 3 is 2.67 bits per heavy atom. The number of aliphatic hydroxyl groups excluding tert-OH is 1. The number of aromatic nitrogens is 4. The number of unbranched alkanes of at least 4 members (excludes halogenated alkanes) is 1. The van der Waals surface area contributed by atoms with Crippen LogP contribution < -0.4 is 21.3 Å². The van der Waals surface area contributed by atoms with E-state index in [-0.39, 0.29) is 60.7 Å². The first-order valence-electron chi connectivity index (χ1n) is 16.9. The topological polar surface area (TPSA) is 163 Å². The number of nitrogens with zero attached hydrogens (tertiary/aromatic N) is 4. The van der Waals surface area contributed by atoms with Crippen molar-refractivity contribution >= 4 is 63.8 Å². The van der Waals surface area contributed by atoms with E-state index in [9.17, 15) is 19.5 Å². The second-order valence-corrected chi connectivity index (χ2v) is 15.0. The molecule has 5 N–H and O–H groups in total. The summed E-state index contributed by atoms with van der Waals surface area (Å²) in [5.41, 5.74) is 2.42. The number of urea groups is 1. The summed E-state index contributed by atoms with van der Waals surface area (Å²) in [6, 6.07) is 5.67. The number of anilines is 2. The number of amides is 3. The SMILES string of the molecule is CC(C)[C@H](CO)Cc1nc(Nc2ccc(C(=O)CCCNC(=O)CCCCC3SCC4NC(=O)NC43)c(Cl)c2)c2ncn(C(C)C)c2n1. The van der Waals surface area contributed by atoms with Crippen LogP contribution in [0.2, 0.25) is 5.02 Å². The molecule has 2 aliphatic heterocycles. The van der Waals surface area contributed by atoms with E-state index in [4.69, 9.17) is 21.6 Å². The number of Topliss-reactive ketones (excluding diaryl/α,β-unsaturated/α-hetero) is 1. The number of thioether (sulfide) groups is 1. The molecule has 12 nitrogen and oxygen atoms in total. The Morgan fingerprint density at radius 2 is 1.94 bits per heavy atom. The van der Waals surface area contributed by atoms with Gasteiger partial charge in [-0.05, 0) is 63.1 Å². The third-order valence-electron chi connectivity index (χ3n) is 9.16. The quantitative estimate of drug-likeness (QED) is 0.0704. The van der Waals surface area contributed by atoms with Gasteiger partial charge in [0.1, 0.15) is 5.82 Å². The van der Waals surface area contributed by atoms with Gasteiger partial charge in [-0.3, -0.25) is 9.59 Å². The summed E-state index contributed by atoms with van der Waals surface area (Å²) in [4.78, 5) is 51.0. The van der Waals surface area contributed by atoms with Crippen LogP contribution >= 0.6 is 23.4 Å². The van der Waals surface area contributed by atoms with E-state index < -0.39 is 0 Å². The molecule has 0 aliphatic carbocycles. The molecule has 2 fully saturated rings. The molecule has 4 atom stereocenters. The zero-order valence-corrected chi connectivity index (χ0v) is 29.7. The maximum Gasteiger partial charge on any atom is 0.315 e. The Labute approximate surface area is 291 Å². The zero-order valence-electron chi connectivity index (χ0n) is 28.1. The van der Waals surface area contributed by atoms with Gasteiger partial charge < -0.3 is 30.9 Å². The molecule has 0 radical (unpaired) electrons. The van der Waals surface area contributed by atoms with Crippen molar-refractivity contribution in [2.24, 2.45) is 11.8 Å². The molecule has 2 aromatic heterocycles. The highest BCUT2D eigenvalue weighted by Crippen LogP contribution is 2.33. The first kappa shape index (κ1) is 35.9. The lowest BCUT2D eigenvalue weighted by Crippen LogP contribution is -2.36. The van der Waals surface area contributed by atoms with E-state index in [1.165, 1.54) is 0 Å². The lowest BCUT2D eigenvalue weighted by Gasteiger charge is -2.18. The summed E-state index contributed by atoms with van der Waals surface area (Å²) >= 11 is 8.47. The average Bonchev–Trinajstić information content (AvgIpc) is 3.74. The van der Waals surface area contributed by atoms with E-state index >= 15 is 0 Å². The second kappa shape index (κ2) is 16.3. The van der Waals surface area contributed by atoms with Crippen molar-refractivity contribution in [2.45, 2.75) is 96.0 Å². The van der Waals surface area contributed by atoms with Crippen LogP contribution in [0.3, 0.4) is 0 Å². The molecule has 14 heteroatoms. The van der Waals surface area contributed by atoms with Crippen LogP contribution in [-0.2, 0) is 11.2 Å². The normalized spacial score (nSPS) is 19.4. The number of imidazole rings is 1. The number of hydrogen-bond acceptors (Lipinski definition) is 9. The minimum Gasteiger partial charge on any atom is -0.396 e. The van der Waals surface area contributed by atoms with Crippen LogP contribution in [0.1, 0.15) is 88.4 Å². The van der Waals surface area contributed by atoms with Gasteiger partial charge in [0.05, 0.1) is 23.4 Å². The molecule has 5 rings (SSSR count). The second-order valence-electron chi connectivity index (χ2n) is 13.4. The van der Waals surface area contributed by atoms with Gasteiger partial charge in [-0.15, -0.1) is 0 Å². The molecular formula is C34H47ClN8O4S. The van der Waals surface area contributed by atoms with Gasteiger partial charge in [0, 0.05) is 60.7 Å². The highest BCUT2D eigenvalue weighted by molar-refractivity contribution is 8.00. The first-order valence-corrected chi connectivity index (χ1v) is 18.4. The molecule has 3 unspecified atom stereocenters. The van der Waals surface area contributed by atoms with Gasteiger partial charge in [-0.25, -0.2) is 19.7 Å². The summed E-state index contributed by atoms with van der Waals surface area (Å²) in [5, 5.41) is 22.8. The van der Waals surface area contributed by atoms with E-state index in [2.05, 4.69) is 53.9 Å². The number of carbonyl (C=O) groups is 3. The maximum absolute atomic E-state index is 13.0. The number of hydrogen-bond donors (Lipinski definition) is 5. The minimum atomic E-state index is -0.0900. The van der Waals surface area contributed by atoms with Crippen molar-refractivity contribution < 1.29 is 19.5 Å². The molecule has 0 bridgehead atoms. The Kier molecular flexibility index (Phi) is 12.2. The van der Waals surface area contributed by atoms with E-state index in [1.807, 2.05) is 16.3 Å². The molecule has 1 aromatic carbocycles. The van der Waals surface area contributed by atoms with Gasteiger partial charge in [0.25, 0.3) is 0 Å². The Bertz CT molecular complexity index is 1620. The van der Waals surface area contributed by atoms with Crippen molar-refractivity contribution in [1.82, 2.24) is 35.5 Å². The highest BCUT2D eigenvalue weighted by atomic mass is 35.5. The Balaban J connectivity index is 1.10. The van der Waals surface area contributed by atoms with Crippen LogP contribution in [0.5, 0.6) is 0 Å². The fraction of sp³-hybridized carbons (Fsp3) is 0.588. The van der Waals surface area contributed by atoms with E-state index in [1.54, 1.807) is 24.5 Å². The first-order chi connectivity index (χ1) is 23.0. The van der Waals surface area contributed by atoms with Crippen molar-refractivity contribution in [3.63, 3.8) is 0 Å². The van der Waals surface area contributed by atoms with Crippen LogP contribution in [0, 0.1) is 11.8 Å². The van der Waals surface area contributed by atoms with Crippen molar-refractivity contribution in [3.8, 4) is 0 Å². The molecule has 0 spiro atoms. The van der Waals surface area contributed by atoms with Gasteiger partial charge in [-0.2, -0.15) is 11.8 Å². The fourth-order valence-electron chi connectivity index (χ4n) is 6.19. The molecule has 3 amide bonds. The Morgan fingerprint density at radius 1 is 1.12 bits per heavy atom. The van der Waals surface area contributed by atoms with Gasteiger partial charge in [-0.1, -0.05) is 31.9 Å². The van der Waals surface area contributed by atoms with Crippen molar-refractivity contribution in [3.05, 3.63) is 40.9 Å². The summed E-state index contributed by atoms with van der Waals surface area (Å²) < 4.78 is 1.99. The standard InChI is InChI=1S/C34H47ClN8O4S/c1-19(2)21(16-44)14-28-40-32(31-33(41-28)43(18-37-31)20(3)4)38-22-11-12-23(24(35)15-22)26(45)8-7-13-36-29(46)10-6-5-9-27-30-25(17-48-27)39-34(47)42-30/h11-12,15,18-21,25,27,30,44H,5-10,13-14,16-17H2,1-4H3,(H,36,46)(H,38,40,41)(H2,39,42,47)/t21-,25?,27?,30?/m0/s1. The summed E-state index contributed by atoms with van der Waals surface area (Å²) in [6.45, 7) is 8.74. The number of halogens is 1.